The maximum atomic E-state index is 13.9. The van der Waals surface area contributed by atoms with E-state index in [-0.39, 0.29) is 5.56 Å². The molecule has 0 aliphatic carbocycles. The molecule has 3 rings (SSSR count). The molecule has 0 spiro atoms. The first kappa shape index (κ1) is 15.4. The number of ether oxygens (including phenoxy) is 1. The zero-order valence-electron chi connectivity index (χ0n) is 12.4. The predicted molar refractivity (Wildman–Crippen MR) is 84.6 cm³/mol. The van der Waals surface area contributed by atoms with Crippen molar-refractivity contribution in [3.05, 3.63) is 77.1 Å². The minimum absolute atomic E-state index is 0.0301. The van der Waals surface area contributed by atoms with Crippen molar-refractivity contribution in [2.45, 2.75) is 18.9 Å². The molecule has 2 aromatic rings. The van der Waals surface area contributed by atoms with Crippen LogP contribution in [0.15, 0.2) is 37.4 Å². The molecule has 0 saturated heterocycles. The molecule has 0 radical (unpaired) electrons. The molecule has 2 aromatic carbocycles. The first-order valence-corrected chi connectivity index (χ1v) is 7.27. The Hall–Kier alpha value is -2.49. The van der Waals surface area contributed by atoms with Crippen molar-refractivity contribution < 1.29 is 17.9 Å². The van der Waals surface area contributed by atoms with Crippen LogP contribution in [0.3, 0.4) is 0 Å². The monoisotopic (exact) mass is 316 g/mol. The molecule has 0 bridgehead atoms. The number of rotatable bonds is 3. The second-order valence-corrected chi connectivity index (χ2v) is 5.39. The number of fused-ring (bicyclic) bond motifs is 1. The molecule has 118 valence electrons. The third-order valence-electron chi connectivity index (χ3n) is 4.08. The standard InChI is InChI=1S/C19H15F3O/c1-3-11-5-7-18-13(12(11)4-2)6-8-19(23-18)14-9-16(21)17(22)10-15(14)20/h3-5,7,9-10,19H,1-2,6,8H2. The molecule has 0 fully saturated rings. The second-order valence-electron chi connectivity index (χ2n) is 5.39. The largest absolute Gasteiger partial charge is 0.485 e. The van der Waals surface area contributed by atoms with Crippen molar-refractivity contribution in [3.8, 4) is 5.75 Å². The van der Waals surface area contributed by atoms with Gasteiger partial charge in [-0.1, -0.05) is 31.4 Å². The van der Waals surface area contributed by atoms with E-state index in [1.54, 1.807) is 18.2 Å². The van der Waals surface area contributed by atoms with E-state index in [0.29, 0.717) is 24.7 Å². The van der Waals surface area contributed by atoms with Crippen LogP contribution in [0.4, 0.5) is 13.2 Å². The quantitative estimate of drug-likeness (QED) is 0.684. The Morgan fingerprint density at radius 1 is 1.00 bits per heavy atom. The Morgan fingerprint density at radius 2 is 1.74 bits per heavy atom. The van der Waals surface area contributed by atoms with E-state index in [4.69, 9.17) is 4.74 Å². The molecule has 0 N–H and O–H groups in total. The van der Waals surface area contributed by atoms with Crippen molar-refractivity contribution in [1.82, 2.24) is 0 Å². The summed E-state index contributed by atoms with van der Waals surface area (Å²) in [5.74, 6) is -2.48. The van der Waals surface area contributed by atoms with Crippen LogP contribution in [0.1, 0.15) is 34.8 Å². The highest BCUT2D eigenvalue weighted by Crippen LogP contribution is 2.39. The van der Waals surface area contributed by atoms with Crippen molar-refractivity contribution >= 4 is 12.2 Å². The van der Waals surface area contributed by atoms with E-state index in [2.05, 4.69) is 13.2 Å². The van der Waals surface area contributed by atoms with Gasteiger partial charge in [0.2, 0.25) is 0 Å². The van der Waals surface area contributed by atoms with E-state index in [0.717, 1.165) is 22.8 Å². The minimum atomic E-state index is -1.20. The van der Waals surface area contributed by atoms with Crippen molar-refractivity contribution in [2.75, 3.05) is 0 Å². The number of benzene rings is 2. The fourth-order valence-corrected chi connectivity index (χ4v) is 2.94. The molecule has 0 saturated carbocycles. The van der Waals surface area contributed by atoms with Crippen LogP contribution in [-0.4, -0.2) is 0 Å². The van der Waals surface area contributed by atoms with Crippen LogP contribution in [0.5, 0.6) is 5.75 Å². The van der Waals surface area contributed by atoms with Gasteiger partial charge in [-0.2, -0.15) is 0 Å². The Kier molecular flexibility index (Phi) is 3.99. The van der Waals surface area contributed by atoms with Gasteiger partial charge in [0.05, 0.1) is 0 Å². The van der Waals surface area contributed by atoms with Gasteiger partial charge in [-0.05, 0) is 36.1 Å². The fourth-order valence-electron chi connectivity index (χ4n) is 2.94. The maximum Gasteiger partial charge on any atom is 0.161 e. The smallest absolute Gasteiger partial charge is 0.161 e. The summed E-state index contributed by atoms with van der Waals surface area (Å²) in [5.41, 5.74) is 2.88. The van der Waals surface area contributed by atoms with Gasteiger partial charge in [0.25, 0.3) is 0 Å². The molecule has 1 unspecified atom stereocenters. The molecular formula is C19H15F3O. The second kappa shape index (κ2) is 5.95. The SMILES string of the molecule is C=Cc1ccc2c(c1C=C)CCC(c1cc(F)c(F)cc1F)O2. The van der Waals surface area contributed by atoms with Gasteiger partial charge < -0.3 is 4.74 Å². The summed E-state index contributed by atoms with van der Waals surface area (Å²) in [4.78, 5) is 0. The number of hydrogen-bond donors (Lipinski definition) is 0. The topological polar surface area (TPSA) is 9.23 Å². The maximum absolute atomic E-state index is 13.9. The highest BCUT2D eigenvalue weighted by molar-refractivity contribution is 5.69. The summed E-state index contributed by atoms with van der Waals surface area (Å²) in [6.07, 6.45) is 3.92. The summed E-state index contributed by atoms with van der Waals surface area (Å²) in [6, 6.07) is 5.04. The number of halogens is 3. The van der Waals surface area contributed by atoms with Gasteiger partial charge >= 0.3 is 0 Å². The molecule has 1 nitrogen and oxygen atoms in total. The first-order chi connectivity index (χ1) is 11.0. The van der Waals surface area contributed by atoms with Gasteiger partial charge in [-0.3, -0.25) is 0 Å². The van der Waals surface area contributed by atoms with Crippen molar-refractivity contribution in [1.29, 1.82) is 0 Å². The lowest BCUT2D eigenvalue weighted by Crippen LogP contribution is -2.18. The molecule has 1 atom stereocenters. The highest BCUT2D eigenvalue weighted by Gasteiger charge is 2.26. The highest BCUT2D eigenvalue weighted by atomic mass is 19.2. The summed E-state index contributed by atoms with van der Waals surface area (Å²) >= 11 is 0. The van der Waals surface area contributed by atoms with Crippen LogP contribution in [0.25, 0.3) is 12.2 Å². The third kappa shape index (κ3) is 2.65. The summed E-state index contributed by atoms with van der Waals surface area (Å²) in [5, 5.41) is 0. The molecule has 1 aliphatic heterocycles. The van der Waals surface area contributed by atoms with Crippen LogP contribution in [-0.2, 0) is 6.42 Å². The number of hydrogen-bond acceptors (Lipinski definition) is 1. The Labute approximate surface area is 132 Å². The van der Waals surface area contributed by atoms with Crippen LogP contribution in [0, 0.1) is 17.5 Å². The molecule has 1 aliphatic rings. The molecule has 0 aromatic heterocycles. The van der Waals surface area contributed by atoms with Crippen LogP contribution < -0.4 is 4.74 Å². The lowest BCUT2D eigenvalue weighted by Gasteiger charge is -2.28. The molecule has 4 heteroatoms. The van der Waals surface area contributed by atoms with E-state index < -0.39 is 23.6 Å². The van der Waals surface area contributed by atoms with Gasteiger partial charge in [0.1, 0.15) is 17.7 Å². The Bertz CT molecular complexity index is 796. The first-order valence-electron chi connectivity index (χ1n) is 7.27. The molecular weight excluding hydrogens is 301 g/mol. The summed E-state index contributed by atoms with van der Waals surface area (Å²) in [7, 11) is 0. The van der Waals surface area contributed by atoms with Crippen molar-refractivity contribution in [3.63, 3.8) is 0 Å². The normalized spacial score (nSPS) is 16.4. The fraction of sp³-hybridized carbons (Fsp3) is 0.158. The molecule has 1 heterocycles. The Balaban J connectivity index is 2.00. The van der Waals surface area contributed by atoms with E-state index in [1.165, 1.54) is 0 Å². The van der Waals surface area contributed by atoms with Crippen LogP contribution >= 0.6 is 0 Å². The zero-order chi connectivity index (χ0) is 16.6. The van der Waals surface area contributed by atoms with Gasteiger partial charge in [-0.25, -0.2) is 13.2 Å². The van der Waals surface area contributed by atoms with Gasteiger partial charge in [0.15, 0.2) is 11.6 Å². The summed E-state index contributed by atoms with van der Waals surface area (Å²) < 4.78 is 46.2. The van der Waals surface area contributed by atoms with Crippen molar-refractivity contribution in [2.24, 2.45) is 0 Å². The third-order valence-corrected chi connectivity index (χ3v) is 4.08. The minimum Gasteiger partial charge on any atom is -0.485 e. The lowest BCUT2D eigenvalue weighted by molar-refractivity contribution is 0.171. The molecule has 23 heavy (non-hydrogen) atoms. The van der Waals surface area contributed by atoms with E-state index >= 15 is 0 Å². The van der Waals surface area contributed by atoms with E-state index in [1.807, 2.05) is 6.07 Å². The van der Waals surface area contributed by atoms with E-state index in [9.17, 15) is 13.2 Å². The van der Waals surface area contributed by atoms with Crippen LogP contribution in [0.2, 0.25) is 0 Å². The zero-order valence-corrected chi connectivity index (χ0v) is 12.4. The average Bonchev–Trinajstić information content (AvgIpc) is 2.56. The Morgan fingerprint density at radius 3 is 2.43 bits per heavy atom. The van der Waals surface area contributed by atoms with Gasteiger partial charge in [-0.15, -0.1) is 0 Å². The van der Waals surface area contributed by atoms with Gasteiger partial charge in [0, 0.05) is 17.2 Å². The molecule has 0 amide bonds. The lowest BCUT2D eigenvalue weighted by atomic mass is 9.91. The average molecular weight is 316 g/mol. The predicted octanol–water partition coefficient (Wildman–Crippen LogP) is 5.46. The summed E-state index contributed by atoms with van der Waals surface area (Å²) in [6.45, 7) is 7.57.